The van der Waals surface area contributed by atoms with E-state index in [2.05, 4.69) is 16.7 Å². The third-order valence-corrected chi connectivity index (χ3v) is 3.95. The Morgan fingerprint density at radius 1 is 1.08 bits per heavy atom. The second kappa shape index (κ2) is 9.88. The summed E-state index contributed by atoms with van der Waals surface area (Å²) in [5, 5.41) is 5.55. The summed E-state index contributed by atoms with van der Waals surface area (Å²) in [6.07, 6.45) is 8.00. The molecule has 0 bridgehead atoms. The molecule has 2 rings (SSSR count). The van der Waals surface area contributed by atoms with Gasteiger partial charge in [0.15, 0.2) is 0 Å². The number of ether oxygens (including phenoxy) is 1. The molecule has 0 heterocycles. The molecule has 0 fully saturated rings. The molecular weight excluding hydrogens is 304 g/mol. The summed E-state index contributed by atoms with van der Waals surface area (Å²) in [5.41, 5.74) is 3.28. The first-order valence-corrected chi connectivity index (χ1v) is 8.52. The zero-order valence-electron chi connectivity index (χ0n) is 14.3. The Hall–Kier alpha value is -2.14. The van der Waals surface area contributed by atoms with Gasteiger partial charge in [0.2, 0.25) is 11.8 Å². The van der Waals surface area contributed by atoms with Gasteiger partial charge >= 0.3 is 0 Å². The van der Waals surface area contributed by atoms with Gasteiger partial charge < -0.3 is 15.4 Å². The minimum Gasteiger partial charge on any atom is -0.362 e. The Labute approximate surface area is 143 Å². The normalized spacial score (nSPS) is 14.0. The van der Waals surface area contributed by atoms with Crippen molar-refractivity contribution in [3.63, 3.8) is 0 Å². The van der Waals surface area contributed by atoms with E-state index in [9.17, 15) is 9.59 Å². The molecule has 0 aromatic heterocycles. The number of carbonyl (C=O) groups excluding carboxylic acids is 2. The molecule has 2 N–H and O–H groups in total. The molecule has 0 saturated heterocycles. The highest BCUT2D eigenvalue weighted by atomic mass is 16.5. The number of benzene rings is 1. The highest BCUT2D eigenvalue weighted by Gasteiger charge is 2.07. The molecule has 1 aliphatic rings. The molecule has 0 saturated carbocycles. The number of aryl methyl sites for hydroxylation is 1. The molecule has 0 radical (unpaired) electrons. The van der Waals surface area contributed by atoms with Crippen molar-refractivity contribution in [2.75, 3.05) is 25.1 Å². The van der Waals surface area contributed by atoms with Crippen molar-refractivity contribution in [2.45, 2.75) is 39.0 Å². The number of carbonyl (C=O) groups is 2. The van der Waals surface area contributed by atoms with Crippen LogP contribution < -0.4 is 10.6 Å². The van der Waals surface area contributed by atoms with Gasteiger partial charge in [0.05, 0.1) is 0 Å². The lowest BCUT2D eigenvalue weighted by Gasteiger charge is -2.13. The molecule has 0 spiro atoms. The molecule has 5 nitrogen and oxygen atoms in total. The quantitative estimate of drug-likeness (QED) is 0.720. The van der Waals surface area contributed by atoms with Crippen LogP contribution in [0.5, 0.6) is 0 Å². The van der Waals surface area contributed by atoms with Gasteiger partial charge in [-0.05, 0) is 51.2 Å². The van der Waals surface area contributed by atoms with Crippen molar-refractivity contribution in [1.82, 2.24) is 5.32 Å². The summed E-state index contributed by atoms with van der Waals surface area (Å²) in [4.78, 5) is 23.4. The summed E-state index contributed by atoms with van der Waals surface area (Å²) in [5.74, 6) is -0.450. The maximum atomic E-state index is 11.7. The van der Waals surface area contributed by atoms with Crippen LogP contribution in [0.3, 0.4) is 0 Å². The van der Waals surface area contributed by atoms with Gasteiger partial charge in [0.1, 0.15) is 13.2 Å². The van der Waals surface area contributed by atoms with Crippen LogP contribution in [0.4, 0.5) is 5.69 Å². The average Bonchev–Trinajstić information content (AvgIpc) is 2.58. The van der Waals surface area contributed by atoms with Crippen LogP contribution in [0.15, 0.2) is 35.9 Å². The van der Waals surface area contributed by atoms with Crippen LogP contribution in [0, 0.1) is 6.92 Å². The zero-order chi connectivity index (χ0) is 17.2. The fourth-order valence-electron chi connectivity index (χ4n) is 2.62. The van der Waals surface area contributed by atoms with Crippen LogP contribution in [-0.4, -0.2) is 31.6 Å². The highest BCUT2D eigenvalue weighted by molar-refractivity contribution is 5.91. The average molecular weight is 330 g/mol. The summed E-state index contributed by atoms with van der Waals surface area (Å²) in [6, 6.07) is 7.51. The van der Waals surface area contributed by atoms with E-state index < -0.39 is 0 Å². The Balaban J connectivity index is 1.55. The van der Waals surface area contributed by atoms with E-state index in [0.29, 0.717) is 6.54 Å². The van der Waals surface area contributed by atoms with E-state index in [4.69, 9.17) is 4.74 Å². The first-order valence-electron chi connectivity index (χ1n) is 8.52. The second-order valence-electron chi connectivity index (χ2n) is 6.12. The van der Waals surface area contributed by atoms with Gasteiger partial charge in [-0.3, -0.25) is 9.59 Å². The number of nitrogens with one attached hydrogen (secondary N) is 2. The number of hydrogen-bond acceptors (Lipinski definition) is 3. The highest BCUT2D eigenvalue weighted by Crippen LogP contribution is 2.19. The molecule has 0 aliphatic heterocycles. The van der Waals surface area contributed by atoms with Crippen molar-refractivity contribution in [2.24, 2.45) is 0 Å². The van der Waals surface area contributed by atoms with E-state index in [0.717, 1.165) is 30.5 Å². The minimum absolute atomic E-state index is 0.0969. The molecule has 2 amide bonds. The van der Waals surface area contributed by atoms with E-state index in [1.807, 2.05) is 31.2 Å². The third-order valence-electron chi connectivity index (χ3n) is 3.95. The number of allylic oxidation sites excluding steroid dienone is 1. The minimum atomic E-state index is -0.265. The summed E-state index contributed by atoms with van der Waals surface area (Å²) < 4.78 is 5.16. The summed E-state index contributed by atoms with van der Waals surface area (Å²) in [7, 11) is 0. The fraction of sp³-hybridized carbons (Fsp3) is 0.474. The van der Waals surface area contributed by atoms with Crippen molar-refractivity contribution in [1.29, 1.82) is 0 Å². The number of hydrogen-bond donors (Lipinski definition) is 2. The Kier molecular flexibility index (Phi) is 7.49. The monoisotopic (exact) mass is 330 g/mol. The summed E-state index contributed by atoms with van der Waals surface area (Å²) in [6.45, 7) is 2.38. The van der Waals surface area contributed by atoms with Crippen LogP contribution in [0.25, 0.3) is 0 Å². The first-order chi connectivity index (χ1) is 11.6. The van der Waals surface area contributed by atoms with Gasteiger partial charge in [-0.25, -0.2) is 0 Å². The lowest BCUT2D eigenvalue weighted by atomic mass is 9.97. The second-order valence-corrected chi connectivity index (χ2v) is 6.12. The van der Waals surface area contributed by atoms with E-state index in [-0.39, 0.29) is 25.0 Å². The maximum Gasteiger partial charge on any atom is 0.250 e. The molecule has 0 unspecified atom stereocenters. The third kappa shape index (κ3) is 6.96. The lowest BCUT2D eigenvalue weighted by molar-refractivity contribution is -0.128. The van der Waals surface area contributed by atoms with Gasteiger partial charge in [-0.1, -0.05) is 29.3 Å². The van der Waals surface area contributed by atoms with Gasteiger partial charge in [-0.2, -0.15) is 0 Å². The maximum absolute atomic E-state index is 11.7. The van der Waals surface area contributed by atoms with Gasteiger partial charge in [-0.15, -0.1) is 0 Å². The van der Waals surface area contributed by atoms with Crippen molar-refractivity contribution < 1.29 is 14.3 Å². The molecule has 5 heteroatoms. The number of rotatable bonds is 8. The van der Waals surface area contributed by atoms with Crippen molar-refractivity contribution in [3.8, 4) is 0 Å². The standard InChI is InChI=1S/C19H26N2O3/c1-15-7-9-17(10-8-15)21-19(23)14-24-13-18(22)20-12-11-16-5-3-2-4-6-16/h5,7-10H,2-4,6,11-14H2,1H3,(H,20,22)(H,21,23). The fourth-order valence-corrected chi connectivity index (χ4v) is 2.62. The molecule has 1 aromatic rings. The topological polar surface area (TPSA) is 67.4 Å². The smallest absolute Gasteiger partial charge is 0.250 e. The number of amides is 2. The van der Waals surface area contributed by atoms with Crippen LogP contribution in [0.2, 0.25) is 0 Å². The molecule has 24 heavy (non-hydrogen) atoms. The zero-order valence-corrected chi connectivity index (χ0v) is 14.3. The molecule has 130 valence electrons. The van der Waals surface area contributed by atoms with Crippen LogP contribution in [0.1, 0.15) is 37.7 Å². The Morgan fingerprint density at radius 3 is 2.54 bits per heavy atom. The van der Waals surface area contributed by atoms with Gasteiger partial charge in [0.25, 0.3) is 0 Å². The predicted octanol–water partition coefficient (Wildman–Crippen LogP) is 2.96. The molecule has 1 aliphatic carbocycles. The van der Waals surface area contributed by atoms with Crippen molar-refractivity contribution >= 4 is 17.5 Å². The van der Waals surface area contributed by atoms with Crippen molar-refractivity contribution in [3.05, 3.63) is 41.5 Å². The summed E-state index contributed by atoms with van der Waals surface area (Å²) >= 11 is 0. The SMILES string of the molecule is Cc1ccc(NC(=O)COCC(=O)NCCC2=CCCCC2)cc1. The number of anilines is 1. The van der Waals surface area contributed by atoms with E-state index in [1.54, 1.807) is 0 Å². The van der Waals surface area contributed by atoms with E-state index in [1.165, 1.54) is 18.4 Å². The Morgan fingerprint density at radius 2 is 1.83 bits per heavy atom. The van der Waals surface area contributed by atoms with E-state index >= 15 is 0 Å². The predicted molar refractivity (Wildman–Crippen MR) is 94.8 cm³/mol. The van der Waals surface area contributed by atoms with Crippen LogP contribution >= 0.6 is 0 Å². The molecule has 1 aromatic carbocycles. The van der Waals surface area contributed by atoms with Gasteiger partial charge in [0, 0.05) is 12.2 Å². The van der Waals surface area contributed by atoms with Crippen LogP contribution in [-0.2, 0) is 14.3 Å². The Bertz CT molecular complexity index is 579. The largest absolute Gasteiger partial charge is 0.362 e. The molecule has 0 atom stereocenters. The first kappa shape index (κ1) is 18.2. The molecular formula is C19H26N2O3. The lowest BCUT2D eigenvalue weighted by Crippen LogP contribution is -2.30.